The summed E-state index contributed by atoms with van der Waals surface area (Å²) in [5, 5.41) is 5.55. The van der Waals surface area contributed by atoms with Gasteiger partial charge in [-0.25, -0.2) is 9.59 Å². The molecule has 1 aromatic carbocycles. The summed E-state index contributed by atoms with van der Waals surface area (Å²) in [6.45, 7) is 3.70. The van der Waals surface area contributed by atoms with E-state index in [1.54, 1.807) is 6.07 Å². The maximum atomic E-state index is 11.5. The molecule has 0 atom stereocenters. The molecule has 0 fully saturated rings. The van der Waals surface area contributed by atoms with Crippen molar-refractivity contribution in [1.29, 1.82) is 0 Å². The first kappa shape index (κ1) is 14.3. The molecule has 0 heterocycles. The zero-order chi connectivity index (χ0) is 13.7. The fourth-order valence-electron chi connectivity index (χ4n) is 1.30. The highest BCUT2D eigenvalue weighted by atomic mass is 35.5. The van der Waals surface area contributed by atoms with Gasteiger partial charge in [0.15, 0.2) is 0 Å². The van der Waals surface area contributed by atoms with Crippen LogP contribution in [0.2, 0.25) is 5.02 Å². The molecule has 1 rings (SSSR count). The number of hydrogen-bond acceptors (Lipinski definition) is 3. The average molecular weight is 271 g/mol. The lowest BCUT2D eigenvalue weighted by molar-refractivity contribution is 0.0601. The number of amides is 2. The van der Waals surface area contributed by atoms with Crippen LogP contribution in [0.1, 0.15) is 24.2 Å². The summed E-state index contributed by atoms with van der Waals surface area (Å²) in [4.78, 5) is 22.9. The third kappa shape index (κ3) is 3.92. The van der Waals surface area contributed by atoms with Gasteiger partial charge in [0.25, 0.3) is 0 Å². The summed E-state index contributed by atoms with van der Waals surface area (Å²) < 4.78 is 4.59. The number of esters is 1. The van der Waals surface area contributed by atoms with Crippen LogP contribution < -0.4 is 10.6 Å². The molecule has 0 spiro atoms. The molecular weight excluding hydrogens is 256 g/mol. The van der Waals surface area contributed by atoms with E-state index in [0.717, 1.165) is 0 Å². The second-order valence-electron chi connectivity index (χ2n) is 3.94. The van der Waals surface area contributed by atoms with Gasteiger partial charge in [-0.15, -0.1) is 0 Å². The molecule has 0 bridgehead atoms. The molecule has 0 aliphatic heterocycles. The third-order valence-electron chi connectivity index (χ3n) is 2.05. The van der Waals surface area contributed by atoms with E-state index in [1.807, 2.05) is 13.8 Å². The Morgan fingerprint density at radius 3 is 2.56 bits per heavy atom. The molecule has 6 heteroatoms. The zero-order valence-electron chi connectivity index (χ0n) is 10.4. The largest absolute Gasteiger partial charge is 0.465 e. The summed E-state index contributed by atoms with van der Waals surface area (Å²) in [6, 6.07) is 4.28. The van der Waals surface area contributed by atoms with Crippen molar-refractivity contribution in [3.8, 4) is 0 Å². The fourth-order valence-corrected chi connectivity index (χ4v) is 1.49. The Morgan fingerprint density at radius 2 is 2.00 bits per heavy atom. The molecular formula is C12H15ClN2O3. The number of carbonyl (C=O) groups is 2. The van der Waals surface area contributed by atoms with Gasteiger partial charge in [-0.3, -0.25) is 0 Å². The Bertz CT molecular complexity index is 461. The van der Waals surface area contributed by atoms with Gasteiger partial charge in [-0.2, -0.15) is 0 Å². The minimum absolute atomic E-state index is 0.0253. The molecule has 0 saturated heterocycles. The van der Waals surface area contributed by atoms with Gasteiger partial charge in [0.1, 0.15) is 0 Å². The van der Waals surface area contributed by atoms with E-state index in [0.29, 0.717) is 5.69 Å². The highest BCUT2D eigenvalue weighted by molar-refractivity contribution is 6.33. The molecule has 2 amide bonds. The normalized spacial score (nSPS) is 10.1. The number of carbonyl (C=O) groups excluding carboxylic acids is 2. The minimum atomic E-state index is -0.548. The van der Waals surface area contributed by atoms with Crippen molar-refractivity contribution in [3.05, 3.63) is 28.8 Å². The quantitative estimate of drug-likeness (QED) is 0.830. The Hall–Kier alpha value is -1.75. The highest BCUT2D eigenvalue weighted by Gasteiger charge is 2.12. The van der Waals surface area contributed by atoms with E-state index in [9.17, 15) is 9.59 Å². The molecule has 1 aromatic rings. The molecule has 0 radical (unpaired) electrons. The number of methoxy groups -OCH3 is 1. The van der Waals surface area contributed by atoms with Crippen LogP contribution >= 0.6 is 11.6 Å². The molecule has 5 nitrogen and oxygen atoms in total. The van der Waals surface area contributed by atoms with Crippen LogP contribution in [0, 0.1) is 0 Å². The number of benzene rings is 1. The average Bonchev–Trinajstić information content (AvgIpc) is 2.29. The van der Waals surface area contributed by atoms with Crippen molar-refractivity contribution in [2.75, 3.05) is 12.4 Å². The van der Waals surface area contributed by atoms with Gasteiger partial charge in [-0.1, -0.05) is 11.6 Å². The molecule has 0 aromatic heterocycles. The summed E-state index contributed by atoms with van der Waals surface area (Å²) in [5.74, 6) is -0.548. The molecule has 0 unspecified atom stereocenters. The van der Waals surface area contributed by atoms with E-state index in [1.165, 1.54) is 19.2 Å². The zero-order valence-corrected chi connectivity index (χ0v) is 11.2. The predicted octanol–water partition coefficient (Wildman–Crippen LogP) is 2.66. The maximum absolute atomic E-state index is 11.5. The molecule has 0 saturated carbocycles. The van der Waals surface area contributed by atoms with Crippen LogP contribution in [0.15, 0.2) is 18.2 Å². The Labute approximate surface area is 110 Å². The molecule has 2 N–H and O–H groups in total. The molecule has 18 heavy (non-hydrogen) atoms. The lowest BCUT2D eigenvalue weighted by Crippen LogP contribution is -2.34. The number of rotatable bonds is 3. The van der Waals surface area contributed by atoms with Crippen molar-refractivity contribution in [2.45, 2.75) is 19.9 Å². The first-order valence-electron chi connectivity index (χ1n) is 5.39. The number of urea groups is 1. The van der Waals surface area contributed by atoms with Gasteiger partial charge in [0, 0.05) is 11.7 Å². The first-order valence-corrected chi connectivity index (χ1v) is 5.77. The topological polar surface area (TPSA) is 67.4 Å². The Balaban J connectivity index is 2.85. The van der Waals surface area contributed by atoms with E-state index in [4.69, 9.17) is 11.6 Å². The van der Waals surface area contributed by atoms with Crippen LogP contribution in [0.4, 0.5) is 10.5 Å². The van der Waals surface area contributed by atoms with Gasteiger partial charge in [0.05, 0.1) is 17.7 Å². The van der Waals surface area contributed by atoms with Gasteiger partial charge >= 0.3 is 12.0 Å². The van der Waals surface area contributed by atoms with Gasteiger partial charge in [0.2, 0.25) is 0 Å². The van der Waals surface area contributed by atoms with Gasteiger partial charge in [-0.05, 0) is 32.0 Å². The van der Waals surface area contributed by atoms with E-state index >= 15 is 0 Å². The summed E-state index contributed by atoms with van der Waals surface area (Å²) >= 11 is 5.86. The van der Waals surface area contributed by atoms with Crippen LogP contribution in [-0.4, -0.2) is 25.2 Å². The van der Waals surface area contributed by atoms with E-state index in [-0.39, 0.29) is 22.7 Å². The molecule has 98 valence electrons. The number of hydrogen-bond donors (Lipinski definition) is 2. The second kappa shape index (κ2) is 6.26. The lowest BCUT2D eigenvalue weighted by Gasteiger charge is -2.11. The fraction of sp³-hybridized carbons (Fsp3) is 0.333. The Kier molecular flexibility index (Phi) is 4.97. The number of halogens is 1. The third-order valence-corrected chi connectivity index (χ3v) is 2.38. The maximum Gasteiger partial charge on any atom is 0.339 e. The lowest BCUT2D eigenvalue weighted by atomic mass is 10.2. The van der Waals surface area contributed by atoms with Crippen molar-refractivity contribution < 1.29 is 14.3 Å². The first-order chi connectivity index (χ1) is 8.43. The van der Waals surface area contributed by atoms with Crippen LogP contribution in [0.3, 0.4) is 0 Å². The summed E-state index contributed by atoms with van der Waals surface area (Å²) in [5.41, 5.74) is 0.680. The predicted molar refractivity (Wildman–Crippen MR) is 70.1 cm³/mol. The smallest absolute Gasteiger partial charge is 0.339 e. The molecule has 0 aliphatic rings. The summed E-state index contributed by atoms with van der Waals surface area (Å²) in [6.07, 6.45) is 0. The van der Waals surface area contributed by atoms with Crippen molar-refractivity contribution >= 4 is 29.3 Å². The molecule has 0 aliphatic carbocycles. The van der Waals surface area contributed by atoms with Gasteiger partial charge < -0.3 is 15.4 Å². The monoisotopic (exact) mass is 270 g/mol. The van der Waals surface area contributed by atoms with Crippen molar-refractivity contribution in [1.82, 2.24) is 5.32 Å². The van der Waals surface area contributed by atoms with Crippen LogP contribution in [0.5, 0.6) is 0 Å². The Morgan fingerprint density at radius 1 is 1.33 bits per heavy atom. The van der Waals surface area contributed by atoms with Crippen LogP contribution in [-0.2, 0) is 4.74 Å². The van der Waals surface area contributed by atoms with Crippen molar-refractivity contribution in [2.24, 2.45) is 0 Å². The van der Waals surface area contributed by atoms with Crippen molar-refractivity contribution in [3.63, 3.8) is 0 Å². The van der Waals surface area contributed by atoms with E-state index in [2.05, 4.69) is 15.4 Å². The number of nitrogens with one attached hydrogen (secondary N) is 2. The SMILES string of the molecule is COC(=O)c1cc(NC(=O)NC(C)C)ccc1Cl. The van der Waals surface area contributed by atoms with Crippen LogP contribution in [0.25, 0.3) is 0 Å². The number of anilines is 1. The number of ether oxygens (including phenoxy) is 1. The second-order valence-corrected chi connectivity index (χ2v) is 4.35. The minimum Gasteiger partial charge on any atom is -0.465 e. The highest BCUT2D eigenvalue weighted by Crippen LogP contribution is 2.21. The standard InChI is InChI=1S/C12H15ClN2O3/c1-7(2)14-12(17)15-8-4-5-10(13)9(6-8)11(16)18-3/h4-7H,1-3H3,(H2,14,15,17). The van der Waals surface area contributed by atoms with E-state index < -0.39 is 5.97 Å². The summed E-state index contributed by atoms with van der Waals surface area (Å²) in [7, 11) is 1.27.